The van der Waals surface area contributed by atoms with Crippen molar-refractivity contribution < 1.29 is 14.7 Å². The van der Waals surface area contributed by atoms with E-state index in [9.17, 15) is 14.7 Å². The highest BCUT2D eigenvalue weighted by atomic mass is 16.3. The lowest BCUT2D eigenvalue weighted by atomic mass is 10.1. The summed E-state index contributed by atoms with van der Waals surface area (Å²) in [6.07, 6.45) is 2.28. The fourth-order valence-electron chi connectivity index (χ4n) is 3.41. The first kappa shape index (κ1) is 15.0. The van der Waals surface area contributed by atoms with E-state index in [4.69, 9.17) is 0 Å². The molecule has 2 fully saturated rings. The minimum absolute atomic E-state index is 0.0195. The Hall–Kier alpha value is -1.88. The normalized spacial score (nSPS) is 25.1. The Morgan fingerprint density at radius 1 is 1.23 bits per heavy atom. The molecule has 118 valence electrons. The van der Waals surface area contributed by atoms with Gasteiger partial charge in [0, 0.05) is 18.8 Å². The van der Waals surface area contributed by atoms with Crippen molar-refractivity contribution in [3.05, 3.63) is 29.8 Å². The van der Waals surface area contributed by atoms with Crippen LogP contribution in [0.4, 0.5) is 5.69 Å². The van der Waals surface area contributed by atoms with E-state index < -0.39 is 5.92 Å². The molecule has 2 amide bonds. The van der Waals surface area contributed by atoms with Crippen LogP contribution in [0.1, 0.15) is 24.8 Å². The summed E-state index contributed by atoms with van der Waals surface area (Å²) in [7, 11) is 0. The molecule has 0 bridgehead atoms. The van der Waals surface area contributed by atoms with E-state index in [0.29, 0.717) is 19.5 Å². The Morgan fingerprint density at radius 2 is 1.95 bits per heavy atom. The van der Waals surface area contributed by atoms with Crippen molar-refractivity contribution in [2.24, 2.45) is 5.92 Å². The second-order valence-electron chi connectivity index (χ2n) is 6.18. The first-order chi connectivity index (χ1) is 10.6. The summed E-state index contributed by atoms with van der Waals surface area (Å²) in [5.41, 5.74) is 2.00. The zero-order valence-electron chi connectivity index (χ0n) is 12.9. The van der Waals surface area contributed by atoms with Crippen molar-refractivity contribution in [3.8, 4) is 0 Å². The largest absolute Gasteiger partial charge is 0.394 e. The van der Waals surface area contributed by atoms with Crippen LogP contribution in [-0.4, -0.2) is 47.6 Å². The molecular weight excluding hydrogens is 280 g/mol. The molecule has 1 aromatic rings. The lowest BCUT2D eigenvalue weighted by Gasteiger charge is -2.25. The van der Waals surface area contributed by atoms with Crippen LogP contribution in [0.25, 0.3) is 0 Å². The van der Waals surface area contributed by atoms with Gasteiger partial charge >= 0.3 is 0 Å². The molecule has 5 nitrogen and oxygen atoms in total. The van der Waals surface area contributed by atoms with Gasteiger partial charge in [0.1, 0.15) is 5.92 Å². The SMILES string of the molecule is Cc1ccc(N2CC[C@@H](C(=O)N3CCC[C@@H]3CO)C2=O)cc1. The number of rotatable bonds is 3. The van der Waals surface area contributed by atoms with Crippen molar-refractivity contribution in [2.75, 3.05) is 24.6 Å². The van der Waals surface area contributed by atoms with Crippen LogP contribution in [0.5, 0.6) is 0 Å². The molecule has 0 saturated carbocycles. The molecule has 0 unspecified atom stereocenters. The van der Waals surface area contributed by atoms with Crippen molar-refractivity contribution >= 4 is 17.5 Å². The van der Waals surface area contributed by atoms with Crippen molar-refractivity contribution in [1.29, 1.82) is 0 Å². The molecule has 1 N–H and O–H groups in total. The molecule has 22 heavy (non-hydrogen) atoms. The Labute approximate surface area is 130 Å². The molecule has 0 aliphatic carbocycles. The number of likely N-dealkylation sites (tertiary alicyclic amines) is 1. The molecule has 3 rings (SSSR count). The summed E-state index contributed by atoms with van der Waals surface area (Å²) in [6.45, 7) is 3.22. The van der Waals surface area contributed by atoms with E-state index in [2.05, 4.69) is 0 Å². The van der Waals surface area contributed by atoms with Crippen molar-refractivity contribution in [3.63, 3.8) is 0 Å². The van der Waals surface area contributed by atoms with E-state index in [1.807, 2.05) is 31.2 Å². The third kappa shape index (κ3) is 2.61. The highest BCUT2D eigenvalue weighted by Gasteiger charge is 2.42. The maximum absolute atomic E-state index is 12.6. The van der Waals surface area contributed by atoms with Gasteiger partial charge in [0.15, 0.2) is 0 Å². The molecule has 2 heterocycles. The highest BCUT2D eigenvalue weighted by molar-refractivity contribution is 6.09. The average molecular weight is 302 g/mol. The monoisotopic (exact) mass is 302 g/mol. The zero-order valence-corrected chi connectivity index (χ0v) is 12.9. The molecule has 2 saturated heterocycles. The zero-order chi connectivity index (χ0) is 15.7. The second kappa shape index (κ2) is 6.08. The molecule has 2 aliphatic heterocycles. The van der Waals surface area contributed by atoms with Gasteiger partial charge < -0.3 is 14.9 Å². The lowest BCUT2D eigenvalue weighted by Crippen LogP contribution is -2.43. The third-order valence-electron chi connectivity index (χ3n) is 4.72. The molecule has 2 aliphatic rings. The van der Waals surface area contributed by atoms with Crippen LogP contribution in [0, 0.1) is 12.8 Å². The van der Waals surface area contributed by atoms with E-state index in [0.717, 1.165) is 24.1 Å². The predicted octanol–water partition coefficient (Wildman–Crippen LogP) is 1.33. The maximum Gasteiger partial charge on any atom is 0.239 e. The Bertz CT molecular complexity index is 570. The van der Waals surface area contributed by atoms with Crippen LogP contribution in [0.3, 0.4) is 0 Å². The van der Waals surface area contributed by atoms with Gasteiger partial charge in [-0.05, 0) is 38.3 Å². The quantitative estimate of drug-likeness (QED) is 0.857. The van der Waals surface area contributed by atoms with E-state index in [-0.39, 0.29) is 24.5 Å². The first-order valence-corrected chi connectivity index (χ1v) is 7.91. The number of hydrogen-bond donors (Lipinski definition) is 1. The number of nitrogens with zero attached hydrogens (tertiary/aromatic N) is 2. The van der Waals surface area contributed by atoms with Gasteiger partial charge in [-0.2, -0.15) is 0 Å². The fourth-order valence-corrected chi connectivity index (χ4v) is 3.41. The van der Waals surface area contributed by atoms with Crippen LogP contribution in [0.15, 0.2) is 24.3 Å². The smallest absolute Gasteiger partial charge is 0.239 e. The highest BCUT2D eigenvalue weighted by Crippen LogP contribution is 2.29. The average Bonchev–Trinajstić information content (AvgIpc) is 3.14. The summed E-state index contributed by atoms with van der Waals surface area (Å²) in [4.78, 5) is 28.6. The summed E-state index contributed by atoms with van der Waals surface area (Å²) >= 11 is 0. The Kier molecular flexibility index (Phi) is 4.16. The molecule has 1 aromatic carbocycles. The molecule has 5 heteroatoms. The number of carbonyl (C=O) groups excluding carboxylic acids is 2. The maximum atomic E-state index is 12.6. The minimum Gasteiger partial charge on any atom is -0.394 e. The number of carbonyl (C=O) groups is 2. The number of amides is 2. The minimum atomic E-state index is -0.589. The van der Waals surface area contributed by atoms with Gasteiger partial charge in [0.05, 0.1) is 12.6 Å². The fraction of sp³-hybridized carbons (Fsp3) is 0.529. The van der Waals surface area contributed by atoms with E-state index in [1.54, 1.807) is 9.80 Å². The summed E-state index contributed by atoms with van der Waals surface area (Å²) in [6, 6.07) is 7.67. The number of aliphatic hydroxyl groups is 1. The van der Waals surface area contributed by atoms with Crippen LogP contribution < -0.4 is 4.90 Å². The molecule has 0 aromatic heterocycles. The van der Waals surface area contributed by atoms with Crippen LogP contribution in [-0.2, 0) is 9.59 Å². The number of hydrogen-bond acceptors (Lipinski definition) is 3. The van der Waals surface area contributed by atoms with Gasteiger partial charge in [0.25, 0.3) is 0 Å². The van der Waals surface area contributed by atoms with Gasteiger partial charge in [-0.3, -0.25) is 9.59 Å². The number of benzene rings is 1. The molecular formula is C17H22N2O3. The summed E-state index contributed by atoms with van der Waals surface area (Å²) in [5, 5.41) is 9.36. The van der Waals surface area contributed by atoms with Crippen LogP contribution >= 0.6 is 0 Å². The van der Waals surface area contributed by atoms with Gasteiger partial charge in [-0.1, -0.05) is 17.7 Å². The number of aliphatic hydroxyl groups excluding tert-OH is 1. The molecule has 2 atom stereocenters. The molecule has 0 spiro atoms. The van der Waals surface area contributed by atoms with E-state index in [1.165, 1.54) is 0 Å². The summed E-state index contributed by atoms with van der Waals surface area (Å²) in [5.74, 6) is -0.818. The van der Waals surface area contributed by atoms with Gasteiger partial charge in [0.2, 0.25) is 11.8 Å². The Balaban J connectivity index is 1.73. The van der Waals surface area contributed by atoms with Gasteiger partial charge in [-0.15, -0.1) is 0 Å². The van der Waals surface area contributed by atoms with Crippen molar-refractivity contribution in [1.82, 2.24) is 4.90 Å². The summed E-state index contributed by atoms with van der Waals surface area (Å²) < 4.78 is 0. The Morgan fingerprint density at radius 3 is 2.64 bits per heavy atom. The third-order valence-corrected chi connectivity index (χ3v) is 4.72. The predicted molar refractivity (Wildman–Crippen MR) is 83.5 cm³/mol. The van der Waals surface area contributed by atoms with Crippen LogP contribution in [0.2, 0.25) is 0 Å². The number of anilines is 1. The van der Waals surface area contributed by atoms with Gasteiger partial charge in [-0.25, -0.2) is 0 Å². The lowest BCUT2D eigenvalue weighted by molar-refractivity contribution is -0.141. The number of aryl methyl sites for hydroxylation is 1. The first-order valence-electron chi connectivity index (χ1n) is 7.91. The van der Waals surface area contributed by atoms with Crippen molar-refractivity contribution in [2.45, 2.75) is 32.2 Å². The standard InChI is InChI=1S/C17H22N2O3/c1-12-4-6-13(7-5-12)19-10-8-15(17(19)22)16(21)18-9-2-3-14(18)11-20/h4-7,14-15,20H,2-3,8-11H2,1H3/t14-,15+/m1/s1. The topological polar surface area (TPSA) is 60.9 Å². The molecule has 0 radical (unpaired) electrons. The second-order valence-corrected chi connectivity index (χ2v) is 6.18. The van der Waals surface area contributed by atoms with E-state index >= 15 is 0 Å².